The summed E-state index contributed by atoms with van der Waals surface area (Å²) in [4.78, 5) is 23.3. The molecule has 0 unspecified atom stereocenters. The van der Waals surface area contributed by atoms with Crippen molar-refractivity contribution in [2.75, 3.05) is 0 Å². The molecule has 0 atom stereocenters. The second kappa shape index (κ2) is 16.1. The molecule has 328 valence electrons. The van der Waals surface area contributed by atoms with Gasteiger partial charge in [0.05, 0.1) is 43.2 Å². The summed E-state index contributed by atoms with van der Waals surface area (Å²) in [6, 6.07) is 13.3. The molecule has 0 N–H and O–H groups in total. The zero-order valence-electron chi connectivity index (χ0n) is 32.7. The maximum Gasteiger partial charge on any atom is 0.417 e. The van der Waals surface area contributed by atoms with Gasteiger partial charge in [-0.05, 0) is 85.3 Å². The van der Waals surface area contributed by atoms with Crippen molar-refractivity contribution in [1.82, 2.24) is 0 Å². The standard InChI is InChI=1S/C44H28F12N2O5/c1-21-11-13-25(23(3)19-21)35-31(57(59)60)15-17-33(37(35)27-7-5-9-29(41(45,46)47)39(27)43(51,52)53)63-34-18-16-32(58(61)62)36(26-14-12-22(2)20-24(26)4)38(34)28-8-6-10-30(42(48,49)50)40(28)44(54,55)56/h5-20H,1-4H3. The van der Waals surface area contributed by atoms with Gasteiger partial charge in [0.1, 0.15) is 11.5 Å². The Bertz CT molecular complexity index is 2640. The summed E-state index contributed by atoms with van der Waals surface area (Å²) in [6.07, 6.45) is -23.1. The fourth-order valence-corrected chi connectivity index (χ4v) is 7.61. The topological polar surface area (TPSA) is 95.5 Å². The largest absolute Gasteiger partial charge is 0.456 e. The predicted molar refractivity (Wildman–Crippen MR) is 207 cm³/mol. The van der Waals surface area contributed by atoms with Gasteiger partial charge in [-0.25, -0.2) is 0 Å². The molecule has 0 aromatic heterocycles. The number of nitro groups is 2. The van der Waals surface area contributed by atoms with Crippen LogP contribution in [0.3, 0.4) is 0 Å². The highest BCUT2D eigenvalue weighted by molar-refractivity contribution is 5.98. The summed E-state index contributed by atoms with van der Waals surface area (Å²) < 4.78 is 183. The number of aryl methyl sites for hydroxylation is 4. The summed E-state index contributed by atoms with van der Waals surface area (Å²) in [5.41, 5.74) is -16.3. The average Bonchev–Trinajstić information content (AvgIpc) is 3.15. The summed E-state index contributed by atoms with van der Waals surface area (Å²) in [6.45, 7) is 5.95. The molecule has 7 nitrogen and oxygen atoms in total. The molecule has 0 amide bonds. The van der Waals surface area contributed by atoms with Gasteiger partial charge in [0, 0.05) is 23.3 Å². The highest BCUT2D eigenvalue weighted by Crippen LogP contribution is 2.56. The van der Waals surface area contributed by atoms with Gasteiger partial charge in [0.15, 0.2) is 0 Å². The fourth-order valence-electron chi connectivity index (χ4n) is 7.61. The average molecular weight is 893 g/mol. The molecule has 0 heterocycles. The van der Waals surface area contributed by atoms with Crippen molar-refractivity contribution in [3.05, 3.63) is 162 Å². The Labute approximate surface area is 348 Å². The Morgan fingerprint density at radius 1 is 0.429 bits per heavy atom. The van der Waals surface area contributed by atoms with E-state index in [0.29, 0.717) is 59.7 Å². The fraction of sp³-hybridized carbons (Fsp3) is 0.182. The van der Waals surface area contributed by atoms with Crippen molar-refractivity contribution in [2.24, 2.45) is 0 Å². The molecule has 0 aliphatic carbocycles. The number of benzene rings is 6. The monoisotopic (exact) mass is 892 g/mol. The van der Waals surface area contributed by atoms with E-state index in [-0.39, 0.29) is 34.4 Å². The predicted octanol–water partition coefficient (Wildman–Crippen LogP) is 15.3. The molecule has 0 bridgehead atoms. The van der Waals surface area contributed by atoms with E-state index in [4.69, 9.17) is 4.74 Å². The van der Waals surface area contributed by atoms with E-state index in [1.165, 1.54) is 50.2 Å². The van der Waals surface area contributed by atoms with E-state index in [1.807, 2.05) is 0 Å². The van der Waals surface area contributed by atoms with Crippen LogP contribution in [0, 0.1) is 47.9 Å². The number of hydrogen-bond acceptors (Lipinski definition) is 5. The molecule has 6 rings (SSSR count). The molecule has 0 saturated heterocycles. The van der Waals surface area contributed by atoms with Gasteiger partial charge in [-0.1, -0.05) is 71.8 Å². The first kappa shape index (κ1) is 45.6. The minimum Gasteiger partial charge on any atom is -0.456 e. The Balaban J connectivity index is 1.88. The van der Waals surface area contributed by atoms with Crippen LogP contribution in [-0.4, -0.2) is 9.85 Å². The van der Waals surface area contributed by atoms with Crippen molar-refractivity contribution in [1.29, 1.82) is 0 Å². The van der Waals surface area contributed by atoms with Crippen LogP contribution in [0.2, 0.25) is 0 Å². The van der Waals surface area contributed by atoms with Gasteiger partial charge in [-0.3, -0.25) is 20.2 Å². The first-order valence-electron chi connectivity index (χ1n) is 18.1. The van der Waals surface area contributed by atoms with E-state index in [9.17, 15) is 46.6 Å². The summed E-state index contributed by atoms with van der Waals surface area (Å²) in [5.74, 6) is -1.94. The smallest absolute Gasteiger partial charge is 0.417 e. The molecule has 6 aromatic carbocycles. The van der Waals surface area contributed by atoms with Crippen LogP contribution in [-0.2, 0) is 24.7 Å². The lowest BCUT2D eigenvalue weighted by Crippen LogP contribution is -2.18. The van der Waals surface area contributed by atoms with Crippen LogP contribution in [0.1, 0.15) is 44.5 Å². The van der Waals surface area contributed by atoms with Gasteiger partial charge >= 0.3 is 24.7 Å². The highest BCUT2D eigenvalue weighted by Gasteiger charge is 2.48. The van der Waals surface area contributed by atoms with Crippen molar-refractivity contribution in [3.63, 3.8) is 0 Å². The van der Waals surface area contributed by atoms with Crippen LogP contribution in [0.25, 0.3) is 44.5 Å². The van der Waals surface area contributed by atoms with Gasteiger partial charge in [-0.15, -0.1) is 0 Å². The molecule has 0 fully saturated rings. The molecular weight excluding hydrogens is 864 g/mol. The number of rotatable bonds is 8. The number of nitro benzene ring substituents is 2. The Kier molecular flexibility index (Phi) is 11.6. The molecule has 0 aliphatic heterocycles. The van der Waals surface area contributed by atoms with Crippen molar-refractivity contribution >= 4 is 11.4 Å². The summed E-state index contributed by atoms with van der Waals surface area (Å²) in [5, 5.41) is 25.4. The number of nitrogens with zero attached hydrogens (tertiary/aromatic N) is 2. The molecule has 0 aliphatic rings. The van der Waals surface area contributed by atoms with Gasteiger partial charge in [-0.2, -0.15) is 52.7 Å². The quantitative estimate of drug-likeness (QED) is 0.0861. The van der Waals surface area contributed by atoms with Gasteiger partial charge in [0.2, 0.25) is 0 Å². The number of halogens is 12. The molecule has 0 spiro atoms. The molecule has 19 heteroatoms. The zero-order chi connectivity index (χ0) is 46.7. The lowest BCUT2D eigenvalue weighted by molar-refractivity contribution is -0.384. The number of alkyl halides is 12. The van der Waals surface area contributed by atoms with Crippen molar-refractivity contribution in [2.45, 2.75) is 52.4 Å². The third-order valence-corrected chi connectivity index (χ3v) is 10.1. The Hall–Kier alpha value is -6.92. The van der Waals surface area contributed by atoms with Crippen LogP contribution in [0.15, 0.2) is 97.1 Å². The van der Waals surface area contributed by atoms with E-state index >= 15 is 26.3 Å². The number of ether oxygens (including phenoxy) is 1. The molecule has 6 aromatic rings. The minimum atomic E-state index is -5.85. The Morgan fingerprint density at radius 3 is 1.06 bits per heavy atom. The summed E-state index contributed by atoms with van der Waals surface area (Å²) >= 11 is 0. The first-order chi connectivity index (χ1) is 29.1. The zero-order valence-corrected chi connectivity index (χ0v) is 32.7. The first-order valence-corrected chi connectivity index (χ1v) is 18.1. The normalized spacial score (nSPS) is 12.4. The van der Waals surface area contributed by atoms with Crippen LogP contribution < -0.4 is 4.74 Å². The van der Waals surface area contributed by atoms with Crippen LogP contribution >= 0.6 is 0 Å². The van der Waals surface area contributed by atoms with Crippen molar-refractivity contribution < 1.29 is 67.3 Å². The second-order valence-electron chi connectivity index (χ2n) is 14.4. The van der Waals surface area contributed by atoms with E-state index in [0.717, 1.165) is 0 Å². The third kappa shape index (κ3) is 8.76. The van der Waals surface area contributed by atoms with Crippen LogP contribution in [0.5, 0.6) is 11.5 Å². The molecule has 0 saturated carbocycles. The van der Waals surface area contributed by atoms with Gasteiger partial charge in [0.25, 0.3) is 11.4 Å². The van der Waals surface area contributed by atoms with Crippen LogP contribution in [0.4, 0.5) is 64.1 Å². The van der Waals surface area contributed by atoms with Gasteiger partial charge < -0.3 is 4.74 Å². The van der Waals surface area contributed by atoms with E-state index < -0.39 is 113 Å². The maximum absolute atomic E-state index is 15.1. The third-order valence-electron chi connectivity index (χ3n) is 10.1. The lowest BCUT2D eigenvalue weighted by atomic mass is 9.85. The maximum atomic E-state index is 15.1. The highest BCUT2D eigenvalue weighted by atomic mass is 19.4. The Morgan fingerprint density at radius 2 is 0.778 bits per heavy atom. The summed E-state index contributed by atoms with van der Waals surface area (Å²) in [7, 11) is 0. The molecule has 63 heavy (non-hydrogen) atoms. The van der Waals surface area contributed by atoms with Crippen molar-refractivity contribution in [3.8, 4) is 56.0 Å². The number of hydrogen-bond donors (Lipinski definition) is 0. The lowest BCUT2D eigenvalue weighted by Gasteiger charge is -2.25. The second-order valence-corrected chi connectivity index (χ2v) is 14.4. The SMILES string of the molecule is Cc1ccc(-c2c([N+](=O)[O-])ccc(Oc3ccc([N+](=O)[O-])c(-c4ccc(C)cc4C)c3-c3cccc(C(F)(F)F)c3C(F)(F)F)c2-c2cccc(C(F)(F)F)c2C(F)(F)F)c(C)c1. The minimum absolute atomic E-state index is 0.109. The van der Waals surface area contributed by atoms with E-state index in [2.05, 4.69) is 0 Å². The van der Waals surface area contributed by atoms with E-state index in [1.54, 1.807) is 13.8 Å². The molecule has 0 radical (unpaired) electrons. The molecular formula is C44H28F12N2O5.